The van der Waals surface area contributed by atoms with E-state index in [0.29, 0.717) is 40.1 Å². The molecule has 0 atom stereocenters. The minimum absolute atomic E-state index is 0.0434. The van der Waals surface area contributed by atoms with Crippen LogP contribution >= 0.6 is 0 Å². The van der Waals surface area contributed by atoms with Crippen LogP contribution in [0.15, 0.2) is 12.1 Å². The second-order valence-electron chi connectivity index (χ2n) is 10.6. The maximum Gasteiger partial charge on any atom is 0.249 e. The van der Waals surface area contributed by atoms with Crippen molar-refractivity contribution in [1.29, 1.82) is 0 Å². The standard InChI is InChI=1S/C27H41N3O3/c1-4-5-17-6-8-20(9-7-17)27(33)30-21-14-22(25(28)31)24(23(15-21)26(29)32)19-12-10-18(11-13-19)16(2)3/h14-20H,4-13H2,1-3H3,(H2,28,31)(H2,29,32)(H,30,33)/t17-,18-,19+,20+. The maximum absolute atomic E-state index is 12.9. The Morgan fingerprint density at radius 1 is 0.909 bits per heavy atom. The first-order chi connectivity index (χ1) is 15.7. The Morgan fingerprint density at radius 3 is 1.91 bits per heavy atom. The molecule has 2 aliphatic rings. The first kappa shape index (κ1) is 25.3. The number of rotatable bonds is 8. The molecule has 2 fully saturated rings. The highest BCUT2D eigenvalue weighted by Gasteiger charge is 2.31. The van der Waals surface area contributed by atoms with Gasteiger partial charge in [0.2, 0.25) is 17.7 Å². The van der Waals surface area contributed by atoms with E-state index in [0.717, 1.165) is 51.4 Å². The van der Waals surface area contributed by atoms with Crippen molar-refractivity contribution in [3.63, 3.8) is 0 Å². The number of nitrogens with two attached hydrogens (primary N) is 2. The first-order valence-corrected chi connectivity index (χ1v) is 12.8. The van der Waals surface area contributed by atoms with Crippen LogP contribution in [0, 0.1) is 23.7 Å². The van der Waals surface area contributed by atoms with Crippen LogP contribution in [-0.4, -0.2) is 17.7 Å². The highest BCUT2D eigenvalue weighted by atomic mass is 16.2. The molecule has 2 saturated carbocycles. The van der Waals surface area contributed by atoms with Crippen molar-refractivity contribution < 1.29 is 14.4 Å². The molecular weight excluding hydrogens is 414 g/mol. The molecule has 1 aromatic rings. The summed E-state index contributed by atoms with van der Waals surface area (Å²) in [6, 6.07) is 3.28. The summed E-state index contributed by atoms with van der Waals surface area (Å²) < 4.78 is 0. The van der Waals surface area contributed by atoms with Gasteiger partial charge in [0.15, 0.2) is 0 Å². The van der Waals surface area contributed by atoms with Gasteiger partial charge in [0.05, 0.1) is 0 Å². The van der Waals surface area contributed by atoms with Crippen LogP contribution in [0.3, 0.4) is 0 Å². The summed E-state index contributed by atoms with van der Waals surface area (Å²) >= 11 is 0. The van der Waals surface area contributed by atoms with Crippen LogP contribution < -0.4 is 16.8 Å². The molecule has 1 aromatic carbocycles. The van der Waals surface area contributed by atoms with Gasteiger partial charge in [-0.2, -0.15) is 0 Å². The molecule has 0 saturated heterocycles. The number of hydrogen-bond acceptors (Lipinski definition) is 3. The van der Waals surface area contributed by atoms with Gasteiger partial charge < -0.3 is 16.8 Å². The van der Waals surface area contributed by atoms with E-state index in [1.165, 1.54) is 12.8 Å². The predicted octanol–water partition coefficient (Wildman–Crippen LogP) is 5.36. The molecule has 3 amide bonds. The van der Waals surface area contributed by atoms with Crippen LogP contribution in [0.4, 0.5) is 5.69 Å². The number of carbonyl (C=O) groups excluding carboxylic acids is 3. The zero-order valence-electron chi connectivity index (χ0n) is 20.5. The summed E-state index contributed by atoms with van der Waals surface area (Å²) in [6.07, 6.45) is 10.2. The largest absolute Gasteiger partial charge is 0.366 e. The molecular formula is C27H41N3O3. The Balaban J connectivity index is 1.81. The van der Waals surface area contributed by atoms with Gasteiger partial charge in [-0.05, 0) is 92.7 Å². The summed E-state index contributed by atoms with van der Waals surface area (Å²) in [6.45, 7) is 6.68. The van der Waals surface area contributed by atoms with Gasteiger partial charge in [0.25, 0.3) is 0 Å². The molecule has 6 heteroatoms. The zero-order valence-corrected chi connectivity index (χ0v) is 20.5. The van der Waals surface area contributed by atoms with Gasteiger partial charge >= 0.3 is 0 Å². The van der Waals surface area contributed by atoms with Gasteiger partial charge in [-0.15, -0.1) is 0 Å². The molecule has 6 nitrogen and oxygen atoms in total. The number of nitrogens with one attached hydrogen (secondary N) is 1. The van der Waals surface area contributed by atoms with Crippen LogP contribution in [0.25, 0.3) is 0 Å². The lowest BCUT2D eigenvalue weighted by atomic mass is 9.72. The Morgan fingerprint density at radius 2 is 1.45 bits per heavy atom. The molecule has 0 aromatic heterocycles. The second-order valence-corrected chi connectivity index (χ2v) is 10.6. The van der Waals surface area contributed by atoms with Crippen molar-refractivity contribution in [3.8, 4) is 0 Å². The average Bonchev–Trinajstić information content (AvgIpc) is 2.79. The Bertz CT molecular complexity index is 828. The number of carbonyl (C=O) groups is 3. The van der Waals surface area contributed by atoms with E-state index >= 15 is 0 Å². The van der Waals surface area contributed by atoms with E-state index in [1.807, 2.05) is 0 Å². The summed E-state index contributed by atoms with van der Waals surface area (Å²) in [5.74, 6) is 0.784. The second kappa shape index (κ2) is 11.2. The molecule has 3 rings (SSSR count). The topological polar surface area (TPSA) is 115 Å². The number of benzene rings is 1. The van der Waals surface area contributed by atoms with E-state index in [1.54, 1.807) is 12.1 Å². The summed E-state index contributed by atoms with van der Waals surface area (Å²) in [5.41, 5.74) is 13.2. The summed E-state index contributed by atoms with van der Waals surface area (Å²) in [4.78, 5) is 37.8. The van der Waals surface area contributed by atoms with E-state index in [4.69, 9.17) is 11.5 Å². The lowest BCUT2D eigenvalue weighted by Crippen LogP contribution is -2.28. The van der Waals surface area contributed by atoms with Crippen LogP contribution in [-0.2, 0) is 4.79 Å². The molecule has 0 spiro atoms. The lowest BCUT2D eigenvalue weighted by molar-refractivity contribution is -0.121. The molecule has 0 radical (unpaired) electrons. The van der Waals surface area contributed by atoms with E-state index in [-0.39, 0.29) is 17.7 Å². The number of anilines is 1. The van der Waals surface area contributed by atoms with Crippen molar-refractivity contribution in [3.05, 3.63) is 28.8 Å². The van der Waals surface area contributed by atoms with Gasteiger partial charge in [0, 0.05) is 22.7 Å². The van der Waals surface area contributed by atoms with E-state index in [9.17, 15) is 14.4 Å². The van der Waals surface area contributed by atoms with Crippen molar-refractivity contribution in [2.75, 3.05) is 5.32 Å². The first-order valence-electron chi connectivity index (χ1n) is 12.8. The van der Waals surface area contributed by atoms with Crippen molar-refractivity contribution in [2.24, 2.45) is 35.1 Å². The maximum atomic E-state index is 12.9. The third-order valence-electron chi connectivity index (χ3n) is 8.02. The van der Waals surface area contributed by atoms with Gasteiger partial charge in [0.1, 0.15) is 0 Å². The number of primary amides is 2. The highest BCUT2D eigenvalue weighted by molar-refractivity contribution is 6.04. The fourth-order valence-electron chi connectivity index (χ4n) is 6.01. The molecule has 5 N–H and O–H groups in total. The molecule has 0 unspecified atom stereocenters. The number of amides is 3. The quantitative estimate of drug-likeness (QED) is 0.490. The lowest BCUT2D eigenvalue weighted by Gasteiger charge is -2.33. The monoisotopic (exact) mass is 455 g/mol. The fourth-order valence-corrected chi connectivity index (χ4v) is 6.01. The fraction of sp³-hybridized carbons (Fsp3) is 0.667. The Labute approximate surface area is 198 Å². The molecule has 182 valence electrons. The minimum Gasteiger partial charge on any atom is -0.366 e. The minimum atomic E-state index is -0.588. The highest BCUT2D eigenvalue weighted by Crippen LogP contribution is 2.42. The molecule has 0 bridgehead atoms. The molecule has 0 heterocycles. The average molecular weight is 456 g/mol. The SMILES string of the molecule is CCC[C@H]1CC[C@@H](C(=O)Nc2cc(C(N)=O)c([C@H]3CC[C@@H](C(C)C)CC3)c(C(N)=O)c2)CC1. The molecule has 2 aliphatic carbocycles. The van der Waals surface area contributed by atoms with Crippen molar-refractivity contribution >= 4 is 23.4 Å². The third-order valence-corrected chi connectivity index (χ3v) is 8.02. The van der Waals surface area contributed by atoms with Gasteiger partial charge in [-0.3, -0.25) is 14.4 Å². The van der Waals surface area contributed by atoms with Crippen LogP contribution in [0.2, 0.25) is 0 Å². The predicted molar refractivity (Wildman–Crippen MR) is 132 cm³/mol. The summed E-state index contributed by atoms with van der Waals surface area (Å²) in [7, 11) is 0. The van der Waals surface area contributed by atoms with Gasteiger partial charge in [-0.25, -0.2) is 0 Å². The van der Waals surface area contributed by atoms with Crippen molar-refractivity contribution in [1.82, 2.24) is 0 Å². The van der Waals surface area contributed by atoms with Crippen molar-refractivity contribution in [2.45, 2.75) is 90.9 Å². The van der Waals surface area contributed by atoms with E-state index < -0.39 is 11.8 Å². The van der Waals surface area contributed by atoms with Gasteiger partial charge in [-0.1, -0.05) is 33.6 Å². The molecule has 33 heavy (non-hydrogen) atoms. The zero-order chi connectivity index (χ0) is 24.1. The third kappa shape index (κ3) is 6.15. The molecule has 0 aliphatic heterocycles. The van der Waals surface area contributed by atoms with E-state index in [2.05, 4.69) is 26.1 Å². The van der Waals surface area contributed by atoms with Crippen LogP contribution in [0.5, 0.6) is 0 Å². The number of hydrogen-bond donors (Lipinski definition) is 3. The Hall–Kier alpha value is -2.37. The smallest absolute Gasteiger partial charge is 0.249 e. The Kier molecular flexibility index (Phi) is 8.55. The van der Waals surface area contributed by atoms with Crippen LogP contribution in [0.1, 0.15) is 117 Å². The summed E-state index contributed by atoms with van der Waals surface area (Å²) in [5, 5.41) is 2.95. The normalized spacial score (nSPS) is 25.6.